The summed E-state index contributed by atoms with van der Waals surface area (Å²) in [5.41, 5.74) is 1.04. The molecule has 0 spiro atoms. The maximum absolute atomic E-state index is 11.5. The fraction of sp³-hybridized carbons (Fsp3) is 0.250. The van der Waals surface area contributed by atoms with Crippen LogP contribution in [0.15, 0.2) is 36.0 Å². The van der Waals surface area contributed by atoms with Gasteiger partial charge in [0.15, 0.2) is 0 Å². The van der Waals surface area contributed by atoms with Crippen LogP contribution in [0.1, 0.15) is 20.3 Å². The molecule has 18 heavy (non-hydrogen) atoms. The highest BCUT2D eigenvalue weighted by Gasteiger charge is 2.13. The van der Waals surface area contributed by atoms with Gasteiger partial charge < -0.3 is 10.6 Å². The summed E-state index contributed by atoms with van der Waals surface area (Å²) in [7, 11) is 0. The molecule has 0 atom stereocenters. The van der Waals surface area contributed by atoms with Crippen LogP contribution in [0, 0.1) is 10.1 Å². The van der Waals surface area contributed by atoms with Gasteiger partial charge in [-0.3, -0.25) is 10.1 Å². The van der Waals surface area contributed by atoms with Gasteiger partial charge in [-0.15, -0.1) is 0 Å². The van der Waals surface area contributed by atoms with Crippen LogP contribution < -0.4 is 10.6 Å². The fourth-order valence-corrected chi connectivity index (χ4v) is 1.19. The summed E-state index contributed by atoms with van der Waals surface area (Å²) in [6, 6.07) is 5.48. The standard InChI is InChI=1S/C12H15N3O3/c1-3-9(2)8-13-12(16)14-10-6-4-5-7-11(10)15(17)18/h4-8H,3H2,1-2H3,(H2,13,14,16)/b9-8+. The number of hydrogen-bond acceptors (Lipinski definition) is 3. The van der Waals surface area contributed by atoms with E-state index in [2.05, 4.69) is 10.6 Å². The highest BCUT2D eigenvalue weighted by molar-refractivity contribution is 5.92. The number of rotatable bonds is 4. The Kier molecular flexibility index (Phi) is 4.86. The zero-order chi connectivity index (χ0) is 13.5. The van der Waals surface area contributed by atoms with E-state index in [1.54, 1.807) is 18.3 Å². The molecule has 0 aliphatic carbocycles. The molecule has 0 unspecified atom stereocenters. The second kappa shape index (κ2) is 6.39. The Hall–Kier alpha value is -2.37. The summed E-state index contributed by atoms with van der Waals surface area (Å²) in [4.78, 5) is 21.7. The quantitative estimate of drug-likeness (QED) is 0.635. The summed E-state index contributed by atoms with van der Waals surface area (Å²) < 4.78 is 0. The molecule has 6 nitrogen and oxygen atoms in total. The summed E-state index contributed by atoms with van der Waals surface area (Å²) >= 11 is 0. The van der Waals surface area contributed by atoms with Crippen LogP contribution in [0.3, 0.4) is 0 Å². The first-order valence-corrected chi connectivity index (χ1v) is 5.51. The topological polar surface area (TPSA) is 84.3 Å². The lowest BCUT2D eigenvalue weighted by atomic mass is 10.2. The summed E-state index contributed by atoms with van der Waals surface area (Å²) in [6.07, 6.45) is 2.40. The number of nitrogens with zero attached hydrogens (tertiary/aromatic N) is 1. The number of anilines is 1. The molecule has 6 heteroatoms. The van der Waals surface area contributed by atoms with Gasteiger partial charge in [0, 0.05) is 12.3 Å². The molecule has 0 bridgehead atoms. The number of allylic oxidation sites excluding steroid dienone is 1. The number of benzene rings is 1. The lowest BCUT2D eigenvalue weighted by molar-refractivity contribution is -0.383. The number of carbonyl (C=O) groups excluding carboxylic acids is 1. The van der Waals surface area contributed by atoms with E-state index in [1.165, 1.54) is 12.1 Å². The van der Waals surface area contributed by atoms with Gasteiger partial charge in [-0.25, -0.2) is 4.79 Å². The average molecular weight is 249 g/mol. The molecule has 1 rings (SSSR count). The van der Waals surface area contributed by atoms with Crippen molar-refractivity contribution in [2.45, 2.75) is 20.3 Å². The van der Waals surface area contributed by atoms with Crippen LogP contribution in [0.25, 0.3) is 0 Å². The zero-order valence-electron chi connectivity index (χ0n) is 10.3. The van der Waals surface area contributed by atoms with Gasteiger partial charge in [-0.05, 0) is 19.4 Å². The second-order valence-corrected chi connectivity index (χ2v) is 3.72. The Balaban J connectivity index is 2.73. The minimum Gasteiger partial charge on any atom is -0.314 e. The third kappa shape index (κ3) is 3.89. The molecule has 0 saturated heterocycles. The molecule has 0 aromatic heterocycles. The molecule has 2 amide bonds. The molecule has 0 saturated carbocycles. The average Bonchev–Trinajstić information content (AvgIpc) is 2.36. The van der Waals surface area contributed by atoms with Crippen LogP contribution >= 0.6 is 0 Å². The molecule has 0 heterocycles. The van der Waals surface area contributed by atoms with E-state index in [0.717, 1.165) is 12.0 Å². The zero-order valence-corrected chi connectivity index (χ0v) is 10.3. The van der Waals surface area contributed by atoms with E-state index in [1.807, 2.05) is 13.8 Å². The van der Waals surface area contributed by atoms with E-state index >= 15 is 0 Å². The molecule has 0 fully saturated rings. The number of nitro groups is 1. The third-order valence-corrected chi connectivity index (χ3v) is 2.36. The first-order valence-electron chi connectivity index (χ1n) is 5.51. The molecular formula is C12H15N3O3. The Bertz CT molecular complexity index is 483. The first kappa shape index (κ1) is 13.7. The number of urea groups is 1. The fourth-order valence-electron chi connectivity index (χ4n) is 1.19. The largest absolute Gasteiger partial charge is 0.323 e. The van der Waals surface area contributed by atoms with Crippen LogP contribution in [-0.2, 0) is 0 Å². The van der Waals surface area contributed by atoms with Crippen molar-refractivity contribution in [1.29, 1.82) is 0 Å². The van der Waals surface area contributed by atoms with Gasteiger partial charge in [-0.2, -0.15) is 0 Å². The van der Waals surface area contributed by atoms with E-state index in [-0.39, 0.29) is 11.4 Å². The Morgan fingerprint density at radius 2 is 2.11 bits per heavy atom. The summed E-state index contributed by atoms with van der Waals surface area (Å²) in [6.45, 7) is 3.85. The predicted octanol–water partition coefficient (Wildman–Crippen LogP) is 3.03. The van der Waals surface area contributed by atoms with Crippen LogP contribution in [0.5, 0.6) is 0 Å². The highest BCUT2D eigenvalue weighted by atomic mass is 16.6. The van der Waals surface area contributed by atoms with Gasteiger partial charge in [-0.1, -0.05) is 24.6 Å². The number of nitro benzene ring substituents is 1. The molecule has 0 radical (unpaired) electrons. The third-order valence-electron chi connectivity index (χ3n) is 2.36. The molecule has 1 aromatic carbocycles. The van der Waals surface area contributed by atoms with Crippen molar-refractivity contribution in [3.05, 3.63) is 46.2 Å². The number of amides is 2. The van der Waals surface area contributed by atoms with Crippen LogP contribution in [0.4, 0.5) is 16.2 Å². The van der Waals surface area contributed by atoms with Crippen molar-refractivity contribution in [3.8, 4) is 0 Å². The molecule has 2 N–H and O–H groups in total. The molecule has 96 valence electrons. The first-order chi connectivity index (χ1) is 8.54. The van der Waals surface area contributed by atoms with Crippen LogP contribution in [0.2, 0.25) is 0 Å². The Labute approximate surface area is 105 Å². The molecule has 0 aliphatic rings. The number of nitrogens with one attached hydrogen (secondary N) is 2. The minimum atomic E-state index is -0.539. The van der Waals surface area contributed by atoms with Gasteiger partial charge in [0.25, 0.3) is 5.69 Å². The predicted molar refractivity (Wildman–Crippen MR) is 69.3 cm³/mol. The lowest BCUT2D eigenvalue weighted by Crippen LogP contribution is -2.24. The summed E-state index contributed by atoms with van der Waals surface area (Å²) in [5.74, 6) is 0. The van der Waals surface area contributed by atoms with Gasteiger partial charge in [0.1, 0.15) is 5.69 Å². The number of hydrogen-bond donors (Lipinski definition) is 2. The van der Waals surface area contributed by atoms with Crippen molar-refractivity contribution in [2.24, 2.45) is 0 Å². The van der Waals surface area contributed by atoms with Gasteiger partial charge in [0.2, 0.25) is 0 Å². The van der Waals surface area contributed by atoms with Crippen molar-refractivity contribution in [2.75, 3.05) is 5.32 Å². The van der Waals surface area contributed by atoms with Crippen LogP contribution in [-0.4, -0.2) is 11.0 Å². The molecule has 0 aliphatic heterocycles. The van der Waals surface area contributed by atoms with Crippen molar-refractivity contribution in [3.63, 3.8) is 0 Å². The van der Waals surface area contributed by atoms with E-state index in [9.17, 15) is 14.9 Å². The lowest BCUT2D eigenvalue weighted by Gasteiger charge is -2.05. The summed E-state index contributed by atoms with van der Waals surface area (Å²) in [5, 5.41) is 15.7. The van der Waals surface area contributed by atoms with Gasteiger partial charge >= 0.3 is 6.03 Å². The van der Waals surface area contributed by atoms with E-state index in [0.29, 0.717) is 0 Å². The molecule has 1 aromatic rings. The maximum Gasteiger partial charge on any atom is 0.323 e. The van der Waals surface area contributed by atoms with E-state index < -0.39 is 11.0 Å². The normalized spacial score (nSPS) is 10.9. The SMILES string of the molecule is CC/C(C)=C/NC(=O)Nc1ccccc1[N+](=O)[O-]. The number of para-hydroxylation sites is 2. The highest BCUT2D eigenvalue weighted by Crippen LogP contribution is 2.22. The monoisotopic (exact) mass is 249 g/mol. The smallest absolute Gasteiger partial charge is 0.314 e. The van der Waals surface area contributed by atoms with Crippen molar-refractivity contribution >= 4 is 17.4 Å². The van der Waals surface area contributed by atoms with Crippen molar-refractivity contribution < 1.29 is 9.72 Å². The molecular weight excluding hydrogens is 234 g/mol. The van der Waals surface area contributed by atoms with Gasteiger partial charge in [0.05, 0.1) is 4.92 Å². The van der Waals surface area contributed by atoms with Crippen molar-refractivity contribution in [1.82, 2.24) is 5.32 Å². The number of carbonyl (C=O) groups is 1. The second-order valence-electron chi connectivity index (χ2n) is 3.72. The Morgan fingerprint density at radius 3 is 2.72 bits per heavy atom. The maximum atomic E-state index is 11.5. The Morgan fingerprint density at radius 1 is 1.44 bits per heavy atom. The van der Waals surface area contributed by atoms with E-state index in [4.69, 9.17) is 0 Å². The minimum absolute atomic E-state index is 0.135.